The first-order valence-corrected chi connectivity index (χ1v) is 11.7. The number of carbonyl (C=O) groups excluding carboxylic acids is 1. The zero-order valence-electron chi connectivity index (χ0n) is 17.5. The molecule has 3 aliphatic heterocycles. The zero-order valence-corrected chi connectivity index (χ0v) is 17.5. The molecule has 1 aromatic rings. The van der Waals surface area contributed by atoms with Crippen LogP contribution in [0.1, 0.15) is 56.1 Å². The van der Waals surface area contributed by atoms with Crippen LogP contribution in [0.25, 0.3) is 0 Å². The molecular formula is C24H34N2O3. The molecule has 1 unspecified atom stereocenters. The van der Waals surface area contributed by atoms with E-state index in [1.807, 2.05) is 4.90 Å². The van der Waals surface area contributed by atoms with Gasteiger partial charge in [-0.05, 0) is 68.2 Å². The summed E-state index contributed by atoms with van der Waals surface area (Å²) < 4.78 is 11.8. The molecule has 158 valence electrons. The summed E-state index contributed by atoms with van der Waals surface area (Å²) in [6.45, 7) is 4.59. The second kappa shape index (κ2) is 8.65. The Morgan fingerprint density at radius 2 is 1.72 bits per heavy atom. The Morgan fingerprint density at radius 3 is 2.48 bits per heavy atom. The number of benzene rings is 1. The number of ether oxygens (including phenoxy) is 2. The average Bonchev–Trinajstić information content (AvgIpc) is 3.07. The largest absolute Gasteiger partial charge is 0.470 e. The highest BCUT2D eigenvalue weighted by atomic mass is 16.5. The van der Waals surface area contributed by atoms with Crippen LogP contribution in [0.15, 0.2) is 18.2 Å². The molecule has 0 bridgehead atoms. The zero-order chi connectivity index (χ0) is 19.6. The van der Waals surface area contributed by atoms with E-state index in [0.717, 1.165) is 56.9 Å². The molecule has 1 aliphatic carbocycles. The quantitative estimate of drug-likeness (QED) is 0.780. The van der Waals surface area contributed by atoms with Crippen molar-refractivity contribution in [3.63, 3.8) is 0 Å². The fourth-order valence-electron chi connectivity index (χ4n) is 5.36. The van der Waals surface area contributed by atoms with Gasteiger partial charge in [-0.3, -0.25) is 9.69 Å². The van der Waals surface area contributed by atoms with Crippen molar-refractivity contribution in [2.75, 3.05) is 32.8 Å². The molecule has 29 heavy (non-hydrogen) atoms. The molecule has 0 N–H and O–H groups in total. The summed E-state index contributed by atoms with van der Waals surface area (Å²) in [6.07, 6.45) is 9.95. The van der Waals surface area contributed by atoms with Crippen molar-refractivity contribution in [1.29, 1.82) is 0 Å². The molecule has 1 amide bonds. The third-order valence-corrected chi connectivity index (χ3v) is 7.43. The average molecular weight is 399 g/mol. The van der Waals surface area contributed by atoms with E-state index in [1.54, 1.807) is 0 Å². The van der Waals surface area contributed by atoms with Gasteiger partial charge in [0.25, 0.3) is 0 Å². The van der Waals surface area contributed by atoms with Gasteiger partial charge >= 0.3 is 0 Å². The Kier molecular flexibility index (Phi) is 5.78. The maximum absolute atomic E-state index is 13.0. The Balaban J connectivity index is 1.23. The Hall–Kier alpha value is -1.59. The standard InChI is InChI=1S/C24H34N2O3/c27-24(19-10-15-28-16-11-19)26-12-2-5-23(26)29-22-7-6-18-8-13-25(21-3-1-4-21)14-9-20(18)17-22/h6-7,17,19,21,23H,1-5,8-16H2. The van der Waals surface area contributed by atoms with Crippen LogP contribution in [0.5, 0.6) is 5.75 Å². The molecule has 5 heteroatoms. The van der Waals surface area contributed by atoms with Gasteiger partial charge in [0.1, 0.15) is 5.75 Å². The third-order valence-electron chi connectivity index (χ3n) is 7.43. The SMILES string of the molecule is O=C(C1CCOCC1)N1CCCC1Oc1ccc2c(c1)CCN(C1CCC1)CC2. The lowest BCUT2D eigenvalue weighted by molar-refractivity contribution is -0.144. The predicted octanol–water partition coefficient (Wildman–Crippen LogP) is 3.39. The summed E-state index contributed by atoms with van der Waals surface area (Å²) in [4.78, 5) is 17.7. The lowest BCUT2D eigenvalue weighted by atomic mass is 9.91. The number of fused-ring (bicyclic) bond motifs is 1. The predicted molar refractivity (Wildman–Crippen MR) is 112 cm³/mol. The van der Waals surface area contributed by atoms with Gasteiger partial charge in [-0.15, -0.1) is 0 Å². The van der Waals surface area contributed by atoms with E-state index in [1.165, 1.54) is 43.5 Å². The minimum atomic E-state index is -0.111. The normalized spacial score (nSPS) is 26.6. The number of hydrogen-bond donors (Lipinski definition) is 0. The van der Waals surface area contributed by atoms with Crippen molar-refractivity contribution in [3.8, 4) is 5.75 Å². The maximum Gasteiger partial charge on any atom is 0.228 e. The van der Waals surface area contributed by atoms with Crippen molar-refractivity contribution >= 4 is 5.91 Å². The third kappa shape index (κ3) is 4.17. The second-order valence-electron chi connectivity index (χ2n) is 9.18. The number of amides is 1. The number of nitrogens with zero attached hydrogens (tertiary/aromatic N) is 2. The fourth-order valence-corrected chi connectivity index (χ4v) is 5.36. The Labute approximate surface area is 174 Å². The van der Waals surface area contributed by atoms with Crippen LogP contribution in [-0.2, 0) is 22.4 Å². The van der Waals surface area contributed by atoms with E-state index < -0.39 is 0 Å². The van der Waals surface area contributed by atoms with Gasteiger partial charge in [0.05, 0.1) is 0 Å². The number of rotatable bonds is 4. The molecule has 3 fully saturated rings. The summed E-state index contributed by atoms with van der Waals surface area (Å²) in [5.41, 5.74) is 2.91. The maximum atomic E-state index is 13.0. The molecule has 3 heterocycles. The molecule has 0 spiro atoms. The topological polar surface area (TPSA) is 42.0 Å². The molecule has 4 aliphatic rings. The molecule has 1 saturated carbocycles. The molecule has 2 saturated heterocycles. The Morgan fingerprint density at radius 1 is 0.931 bits per heavy atom. The van der Waals surface area contributed by atoms with E-state index in [-0.39, 0.29) is 18.1 Å². The highest BCUT2D eigenvalue weighted by Crippen LogP contribution is 2.30. The first kappa shape index (κ1) is 19.4. The summed E-state index contributed by atoms with van der Waals surface area (Å²) in [7, 11) is 0. The first-order chi connectivity index (χ1) is 14.3. The van der Waals surface area contributed by atoms with Crippen LogP contribution in [0, 0.1) is 5.92 Å². The second-order valence-corrected chi connectivity index (χ2v) is 9.18. The van der Waals surface area contributed by atoms with E-state index >= 15 is 0 Å². The molecule has 1 aromatic carbocycles. The summed E-state index contributed by atoms with van der Waals surface area (Å²) in [5, 5.41) is 0. The van der Waals surface area contributed by atoms with Gasteiger partial charge in [0.2, 0.25) is 5.91 Å². The van der Waals surface area contributed by atoms with Gasteiger partial charge in [0.15, 0.2) is 6.23 Å². The molecule has 1 atom stereocenters. The van der Waals surface area contributed by atoms with Crippen LogP contribution in [-0.4, -0.2) is 60.8 Å². The van der Waals surface area contributed by atoms with Gasteiger partial charge in [0, 0.05) is 51.2 Å². The van der Waals surface area contributed by atoms with Gasteiger partial charge in [-0.1, -0.05) is 12.5 Å². The molecule has 5 rings (SSSR count). The summed E-state index contributed by atoms with van der Waals surface area (Å²) in [6, 6.07) is 7.44. The van der Waals surface area contributed by atoms with Crippen LogP contribution >= 0.6 is 0 Å². The highest BCUT2D eigenvalue weighted by Gasteiger charge is 2.35. The van der Waals surface area contributed by atoms with Gasteiger partial charge in [-0.2, -0.15) is 0 Å². The molecular weight excluding hydrogens is 364 g/mol. The molecule has 5 nitrogen and oxygen atoms in total. The summed E-state index contributed by atoms with van der Waals surface area (Å²) in [5.74, 6) is 1.30. The first-order valence-electron chi connectivity index (χ1n) is 11.7. The van der Waals surface area contributed by atoms with E-state index in [4.69, 9.17) is 9.47 Å². The van der Waals surface area contributed by atoms with Gasteiger partial charge < -0.3 is 14.4 Å². The minimum absolute atomic E-state index is 0.109. The lowest BCUT2D eigenvalue weighted by Crippen LogP contribution is -2.43. The highest BCUT2D eigenvalue weighted by molar-refractivity contribution is 5.79. The smallest absolute Gasteiger partial charge is 0.228 e. The van der Waals surface area contributed by atoms with Crippen LogP contribution in [0.3, 0.4) is 0 Å². The molecule has 0 aromatic heterocycles. The monoisotopic (exact) mass is 398 g/mol. The van der Waals surface area contributed by atoms with Crippen LogP contribution in [0.2, 0.25) is 0 Å². The van der Waals surface area contributed by atoms with Crippen molar-refractivity contribution in [2.45, 2.75) is 70.1 Å². The lowest BCUT2D eigenvalue weighted by Gasteiger charge is -2.36. The van der Waals surface area contributed by atoms with Crippen LogP contribution in [0.4, 0.5) is 0 Å². The van der Waals surface area contributed by atoms with Crippen molar-refractivity contribution in [1.82, 2.24) is 9.80 Å². The van der Waals surface area contributed by atoms with Crippen molar-refractivity contribution in [2.24, 2.45) is 5.92 Å². The minimum Gasteiger partial charge on any atom is -0.470 e. The van der Waals surface area contributed by atoms with E-state index in [2.05, 4.69) is 23.1 Å². The number of hydrogen-bond acceptors (Lipinski definition) is 4. The Bertz CT molecular complexity index is 727. The van der Waals surface area contributed by atoms with Crippen molar-refractivity contribution in [3.05, 3.63) is 29.3 Å². The van der Waals surface area contributed by atoms with E-state index in [9.17, 15) is 4.79 Å². The number of likely N-dealkylation sites (tertiary alicyclic amines) is 1. The molecule has 0 radical (unpaired) electrons. The van der Waals surface area contributed by atoms with Crippen LogP contribution < -0.4 is 4.74 Å². The van der Waals surface area contributed by atoms with E-state index in [0.29, 0.717) is 13.2 Å². The van der Waals surface area contributed by atoms with Gasteiger partial charge in [-0.25, -0.2) is 0 Å². The summed E-state index contributed by atoms with van der Waals surface area (Å²) >= 11 is 0. The van der Waals surface area contributed by atoms with Crippen molar-refractivity contribution < 1.29 is 14.3 Å². The fraction of sp³-hybridized carbons (Fsp3) is 0.708. The number of carbonyl (C=O) groups is 1.